The molecule has 4 rings (SSSR count). The molecule has 41 heavy (non-hydrogen) atoms. The van der Waals surface area contributed by atoms with Crippen molar-refractivity contribution in [1.29, 1.82) is 0 Å². The van der Waals surface area contributed by atoms with Crippen molar-refractivity contribution >= 4 is 45.3 Å². The molecule has 1 saturated heterocycles. The first-order valence-corrected chi connectivity index (χ1v) is 14.3. The highest BCUT2D eigenvalue weighted by molar-refractivity contribution is 7.89. The van der Waals surface area contributed by atoms with Gasteiger partial charge in [0.25, 0.3) is 0 Å². The van der Waals surface area contributed by atoms with Gasteiger partial charge in [-0.1, -0.05) is 23.7 Å². The largest absolute Gasteiger partial charge is 0.444 e. The first-order valence-electron chi connectivity index (χ1n) is 12.5. The van der Waals surface area contributed by atoms with Gasteiger partial charge in [0.1, 0.15) is 5.60 Å². The van der Waals surface area contributed by atoms with Crippen LogP contribution in [0.1, 0.15) is 39.2 Å². The lowest BCUT2D eigenvalue weighted by Gasteiger charge is -2.28. The number of rotatable bonds is 7. The van der Waals surface area contributed by atoms with Crippen molar-refractivity contribution in [2.45, 2.75) is 56.3 Å². The van der Waals surface area contributed by atoms with Crippen molar-refractivity contribution in [2.24, 2.45) is 0 Å². The number of anilines is 3. The zero-order valence-electron chi connectivity index (χ0n) is 22.3. The summed E-state index contributed by atoms with van der Waals surface area (Å²) in [4.78, 5) is 17.6. The molecule has 5 N–H and O–H groups in total. The quantitative estimate of drug-likeness (QED) is 0.284. The van der Waals surface area contributed by atoms with Gasteiger partial charge in [-0.15, -0.1) is 5.10 Å². The van der Waals surface area contributed by atoms with Crippen LogP contribution in [0.25, 0.3) is 11.1 Å². The van der Waals surface area contributed by atoms with Crippen LogP contribution in [0.4, 0.5) is 35.5 Å². The van der Waals surface area contributed by atoms with Gasteiger partial charge in [0.05, 0.1) is 15.5 Å². The summed E-state index contributed by atoms with van der Waals surface area (Å²) in [7, 11) is -4.04. The van der Waals surface area contributed by atoms with E-state index in [2.05, 4.69) is 25.2 Å². The molecule has 1 aliphatic heterocycles. The van der Waals surface area contributed by atoms with E-state index in [4.69, 9.17) is 22.1 Å². The molecule has 11 nitrogen and oxygen atoms in total. The minimum atomic E-state index is -4.79. The number of ether oxygens (including phenoxy) is 1. The summed E-state index contributed by atoms with van der Waals surface area (Å²) >= 11 is 6.29. The summed E-state index contributed by atoms with van der Waals surface area (Å²) in [5.74, 6) is -0.0762. The minimum Gasteiger partial charge on any atom is -0.444 e. The number of hydrogen-bond acceptors (Lipinski definition) is 8. The second-order valence-electron chi connectivity index (χ2n) is 10.4. The van der Waals surface area contributed by atoms with Crippen LogP contribution in [0.15, 0.2) is 41.3 Å². The standard InChI is InChI=1S/C25H29ClF3N7O4S/c1-24(2,3)40-23(37)36-10-4-5-16(36)13-31-41(38,39)17-8-6-14(7-9-17)20-18(25(27,28)29)11-15(12-19(20)26)32-22-33-21(30)34-35-22/h6-9,11-12,16,31H,4-5,10,13H2,1-3H3,(H4,30,32,33,34,35). The molecule has 0 spiro atoms. The molecule has 0 bridgehead atoms. The molecule has 1 aliphatic rings. The fourth-order valence-corrected chi connectivity index (χ4v) is 5.76. The number of H-pyrrole nitrogens is 1. The number of halogens is 4. The Morgan fingerprint density at radius 3 is 2.49 bits per heavy atom. The Kier molecular flexibility index (Phi) is 8.43. The third-order valence-electron chi connectivity index (χ3n) is 6.12. The van der Waals surface area contributed by atoms with E-state index in [1.807, 2.05) is 0 Å². The normalized spacial score (nSPS) is 16.2. The number of nitrogens with one attached hydrogen (secondary N) is 3. The molecule has 1 unspecified atom stereocenters. The van der Waals surface area contributed by atoms with Gasteiger partial charge in [0.15, 0.2) is 0 Å². The Labute approximate surface area is 239 Å². The smallest absolute Gasteiger partial charge is 0.417 e. The van der Waals surface area contributed by atoms with Crippen LogP contribution < -0.4 is 15.8 Å². The number of carbonyl (C=O) groups excluding carboxylic acids is 1. The fraction of sp³-hybridized carbons (Fsp3) is 0.400. The van der Waals surface area contributed by atoms with Crippen molar-refractivity contribution in [3.05, 3.63) is 47.0 Å². The molecular weight excluding hydrogens is 587 g/mol. The van der Waals surface area contributed by atoms with Gasteiger partial charge in [-0.2, -0.15) is 18.2 Å². The van der Waals surface area contributed by atoms with E-state index in [1.54, 1.807) is 20.8 Å². The second kappa shape index (κ2) is 11.4. The Bertz CT molecular complexity index is 1520. The maximum atomic E-state index is 14.0. The van der Waals surface area contributed by atoms with Crippen molar-refractivity contribution in [3.63, 3.8) is 0 Å². The number of hydrogen-bond donors (Lipinski definition) is 4. The van der Waals surface area contributed by atoms with Gasteiger partial charge in [-0.05, 0) is 63.4 Å². The average molecular weight is 616 g/mol. The van der Waals surface area contributed by atoms with E-state index in [1.165, 1.54) is 35.2 Å². The van der Waals surface area contributed by atoms with E-state index in [0.29, 0.717) is 19.4 Å². The first-order chi connectivity index (χ1) is 19.0. The maximum Gasteiger partial charge on any atom is 0.417 e. The van der Waals surface area contributed by atoms with Crippen LogP contribution in [0.3, 0.4) is 0 Å². The summed E-state index contributed by atoms with van der Waals surface area (Å²) in [5, 5.41) is 8.46. The summed E-state index contributed by atoms with van der Waals surface area (Å²) in [5.41, 5.74) is 3.42. The molecular formula is C25H29ClF3N7O4S. The second-order valence-corrected chi connectivity index (χ2v) is 12.6. The van der Waals surface area contributed by atoms with Crippen molar-refractivity contribution in [1.82, 2.24) is 24.8 Å². The van der Waals surface area contributed by atoms with E-state index in [0.717, 1.165) is 6.07 Å². The van der Waals surface area contributed by atoms with Crippen LogP contribution in [-0.2, 0) is 20.9 Å². The third-order valence-corrected chi connectivity index (χ3v) is 7.86. The Hall–Kier alpha value is -3.56. The third kappa shape index (κ3) is 7.40. The zero-order valence-corrected chi connectivity index (χ0v) is 23.9. The molecule has 2 aromatic carbocycles. The predicted molar refractivity (Wildman–Crippen MR) is 147 cm³/mol. The molecule has 1 amide bonds. The summed E-state index contributed by atoms with van der Waals surface area (Å²) in [6.07, 6.45) is -4.02. The SMILES string of the molecule is CC(C)(C)OC(=O)N1CCCC1CNS(=O)(=O)c1ccc(-c2c(Cl)cc(Nc3n[nH]c(N)n3)cc2C(F)(F)F)cc1. The number of nitrogen functional groups attached to an aromatic ring is 1. The number of likely N-dealkylation sites (tertiary alicyclic amines) is 1. The maximum absolute atomic E-state index is 14.0. The number of nitrogens with two attached hydrogens (primary N) is 1. The van der Waals surface area contributed by atoms with E-state index in [-0.39, 0.29) is 45.2 Å². The van der Waals surface area contributed by atoms with Crippen LogP contribution in [-0.4, -0.2) is 59.3 Å². The van der Waals surface area contributed by atoms with Gasteiger partial charge in [-0.3, -0.25) is 0 Å². The molecule has 1 aromatic heterocycles. The van der Waals surface area contributed by atoms with Gasteiger partial charge in [0, 0.05) is 30.4 Å². The molecule has 0 radical (unpaired) electrons. The molecule has 0 saturated carbocycles. The minimum absolute atomic E-state index is 0.0270. The van der Waals surface area contributed by atoms with Gasteiger partial charge < -0.3 is 20.7 Å². The highest BCUT2D eigenvalue weighted by Gasteiger charge is 2.36. The lowest BCUT2D eigenvalue weighted by molar-refractivity contribution is -0.137. The average Bonchev–Trinajstić information content (AvgIpc) is 3.50. The number of nitrogens with zero attached hydrogens (tertiary/aromatic N) is 3. The lowest BCUT2D eigenvalue weighted by atomic mass is 9.98. The highest BCUT2D eigenvalue weighted by atomic mass is 35.5. The molecule has 3 aromatic rings. The van der Waals surface area contributed by atoms with Crippen LogP contribution in [0, 0.1) is 0 Å². The zero-order chi connectivity index (χ0) is 30.2. The molecule has 2 heterocycles. The van der Waals surface area contributed by atoms with Crippen molar-refractivity contribution in [3.8, 4) is 11.1 Å². The summed E-state index contributed by atoms with van der Waals surface area (Å²) in [6.45, 7) is 5.63. The molecule has 222 valence electrons. The van der Waals surface area contributed by atoms with E-state index < -0.39 is 39.5 Å². The number of sulfonamides is 1. The van der Waals surface area contributed by atoms with Crippen LogP contribution >= 0.6 is 11.6 Å². The number of aromatic nitrogens is 3. The Morgan fingerprint density at radius 2 is 1.90 bits per heavy atom. The lowest BCUT2D eigenvalue weighted by Crippen LogP contribution is -2.45. The number of aromatic amines is 1. The molecule has 16 heteroatoms. The van der Waals surface area contributed by atoms with Crippen molar-refractivity contribution < 1.29 is 31.1 Å². The number of carbonyl (C=O) groups is 1. The summed E-state index contributed by atoms with van der Waals surface area (Å²) in [6, 6.07) is 6.59. The number of benzene rings is 2. The first kappa shape index (κ1) is 30.4. The molecule has 1 fully saturated rings. The Balaban J connectivity index is 1.53. The summed E-state index contributed by atoms with van der Waals surface area (Å²) < 4.78 is 76.0. The van der Waals surface area contributed by atoms with E-state index >= 15 is 0 Å². The van der Waals surface area contributed by atoms with Gasteiger partial charge in [0.2, 0.25) is 21.9 Å². The van der Waals surface area contributed by atoms with Gasteiger partial charge in [-0.25, -0.2) is 23.0 Å². The van der Waals surface area contributed by atoms with E-state index in [9.17, 15) is 26.4 Å². The van der Waals surface area contributed by atoms with Crippen LogP contribution in [0.5, 0.6) is 0 Å². The Morgan fingerprint density at radius 1 is 1.22 bits per heavy atom. The predicted octanol–water partition coefficient (Wildman–Crippen LogP) is 5.15. The van der Waals surface area contributed by atoms with Crippen LogP contribution in [0.2, 0.25) is 5.02 Å². The van der Waals surface area contributed by atoms with Gasteiger partial charge >= 0.3 is 12.3 Å². The van der Waals surface area contributed by atoms with Crippen molar-refractivity contribution in [2.75, 3.05) is 24.1 Å². The number of alkyl halides is 3. The fourth-order valence-electron chi connectivity index (χ4n) is 4.35. The topological polar surface area (TPSA) is 155 Å². The highest BCUT2D eigenvalue weighted by Crippen LogP contribution is 2.43. The molecule has 1 atom stereocenters. The monoisotopic (exact) mass is 615 g/mol. The number of amides is 1. The molecule has 0 aliphatic carbocycles.